The Hall–Kier alpha value is -0.160. The van der Waals surface area contributed by atoms with Crippen molar-refractivity contribution < 1.29 is 18.9 Å². The molecule has 4 nitrogen and oxygen atoms in total. The van der Waals surface area contributed by atoms with E-state index >= 15 is 0 Å². The smallest absolute Gasteiger partial charge is 0.189 e. The van der Waals surface area contributed by atoms with Crippen molar-refractivity contribution in [2.45, 2.75) is 103 Å². The van der Waals surface area contributed by atoms with Gasteiger partial charge in [0.15, 0.2) is 12.6 Å². The number of ether oxygens (including phenoxy) is 4. The number of rotatable bonds is 2. The molecule has 0 aromatic rings. The third-order valence-electron chi connectivity index (χ3n) is 8.88. The second-order valence-electron chi connectivity index (χ2n) is 10.4. The van der Waals surface area contributed by atoms with Crippen molar-refractivity contribution in [2.75, 3.05) is 14.2 Å². The molecule has 7 atom stereocenters. The number of hydrogen-bond donors (Lipinski definition) is 0. The molecule has 2 aliphatic heterocycles. The summed E-state index contributed by atoms with van der Waals surface area (Å²) in [5, 5.41) is 0. The highest BCUT2D eigenvalue weighted by molar-refractivity contribution is 5.16. The van der Waals surface area contributed by atoms with Gasteiger partial charge in [0.1, 0.15) is 5.60 Å². The van der Waals surface area contributed by atoms with Crippen molar-refractivity contribution in [3.8, 4) is 0 Å². The third kappa shape index (κ3) is 2.41. The maximum Gasteiger partial charge on any atom is 0.189 e. The van der Waals surface area contributed by atoms with E-state index in [0.717, 1.165) is 25.2 Å². The first-order chi connectivity index (χ1) is 12.2. The molecular formula is C22H38O4. The SMILES string of the molecule is COC1CC2(CCC3(O2)C(C)CCC2C(C)(C)CCCC23C)C(OC)O1. The number of methoxy groups -OCH3 is 2. The van der Waals surface area contributed by atoms with E-state index in [0.29, 0.717) is 11.3 Å². The molecular weight excluding hydrogens is 328 g/mol. The molecule has 0 amide bonds. The quantitative estimate of drug-likeness (QED) is 0.696. The van der Waals surface area contributed by atoms with Crippen molar-refractivity contribution in [2.24, 2.45) is 22.7 Å². The van der Waals surface area contributed by atoms with Gasteiger partial charge in [0.05, 0.1) is 5.60 Å². The van der Waals surface area contributed by atoms with Gasteiger partial charge in [-0.3, -0.25) is 0 Å². The van der Waals surface area contributed by atoms with Crippen molar-refractivity contribution in [3.63, 3.8) is 0 Å². The Bertz CT molecular complexity index is 548. The molecule has 2 saturated heterocycles. The summed E-state index contributed by atoms with van der Waals surface area (Å²) in [4.78, 5) is 0. The molecule has 0 bridgehead atoms. The molecule has 4 rings (SSSR count). The highest BCUT2D eigenvalue weighted by atomic mass is 16.8. The molecule has 0 radical (unpaired) electrons. The first-order valence-corrected chi connectivity index (χ1v) is 10.6. The normalized spacial score (nSPS) is 53.3. The van der Waals surface area contributed by atoms with Crippen LogP contribution in [0.25, 0.3) is 0 Å². The lowest BCUT2D eigenvalue weighted by atomic mass is 9.44. The molecule has 0 aromatic heterocycles. The van der Waals surface area contributed by atoms with E-state index in [1.54, 1.807) is 14.2 Å². The van der Waals surface area contributed by atoms with Crippen LogP contribution in [0.2, 0.25) is 0 Å². The predicted octanol–water partition coefficient (Wildman–Crippen LogP) is 4.90. The molecule has 2 spiro atoms. The van der Waals surface area contributed by atoms with Crippen LogP contribution in [0.15, 0.2) is 0 Å². The summed E-state index contributed by atoms with van der Waals surface area (Å²) in [5.74, 6) is 1.31. The fourth-order valence-electron chi connectivity index (χ4n) is 7.57. The van der Waals surface area contributed by atoms with Crippen molar-refractivity contribution in [3.05, 3.63) is 0 Å². The van der Waals surface area contributed by atoms with Crippen LogP contribution in [0, 0.1) is 22.7 Å². The van der Waals surface area contributed by atoms with Crippen LogP contribution in [0.1, 0.15) is 79.1 Å². The highest BCUT2D eigenvalue weighted by Crippen LogP contribution is 2.68. The first kappa shape index (κ1) is 19.2. The van der Waals surface area contributed by atoms with E-state index in [-0.39, 0.29) is 29.2 Å². The molecule has 4 fully saturated rings. The molecule has 4 aliphatic rings. The summed E-state index contributed by atoms with van der Waals surface area (Å²) in [7, 11) is 3.45. The van der Waals surface area contributed by atoms with Gasteiger partial charge in [-0.25, -0.2) is 0 Å². The first-order valence-electron chi connectivity index (χ1n) is 10.6. The fourth-order valence-corrected chi connectivity index (χ4v) is 7.57. The standard InChI is InChI=1S/C22H38O4/c1-15-8-9-16-19(2,3)10-7-11-20(16,4)22(15)13-12-21(26-22)14-17(23-5)25-18(21)24-6/h15-18H,7-14H2,1-6H3. The Balaban J connectivity index is 1.71. The zero-order valence-corrected chi connectivity index (χ0v) is 17.6. The molecule has 0 aromatic carbocycles. The van der Waals surface area contributed by atoms with Gasteiger partial charge >= 0.3 is 0 Å². The number of fused-ring (bicyclic) bond motifs is 2. The fraction of sp³-hybridized carbons (Fsp3) is 1.00. The lowest BCUT2D eigenvalue weighted by Gasteiger charge is -2.64. The lowest BCUT2D eigenvalue weighted by molar-refractivity contribution is -0.281. The molecule has 0 N–H and O–H groups in total. The minimum absolute atomic E-state index is 0.0591. The van der Waals surface area contributed by atoms with E-state index in [9.17, 15) is 0 Å². The van der Waals surface area contributed by atoms with Crippen LogP contribution < -0.4 is 0 Å². The van der Waals surface area contributed by atoms with Crippen LogP contribution in [-0.4, -0.2) is 38.0 Å². The number of hydrogen-bond acceptors (Lipinski definition) is 4. The van der Waals surface area contributed by atoms with Gasteiger partial charge < -0.3 is 18.9 Å². The minimum Gasteiger partial charge on any atom is -0.362 e. The predicted molar refractivity (Wildman–Crippen MR) is 101 cm³/mol. The Morgan fingerprint density at radius 1 is 0.923 bits per heavy atom. The molecule has 2 saturated carbocycles. The third-order valence-corrected chi connectivity index (χ3v) is 8.88. The Morgan fingerprint density at radius 2 is 1.69 bits per heavy atom. The highest BCUT2D eigenvalue weighted by Gasteiger charge is 2.69. The van der Waals surface area contributed by atoms with Gasteiger partial charge in [0.2, 0.25) is 0 Å². The molecule has 26 heavy (non-hydrogen) atoms. The Labute approximate surface area is 159 Å². The Kier molecular flexibility index (Phi) is 4.55. The van der Waals surface area contributed by atoms with E-state index in [1.807, 2.05) is 0 Å². The summed E-state index contributed by atoms with van der Waals surface area (Å²) in [6, 6.07) is 0. The van der Waals surface area contributed by atoms with Gasteiger partial charge in [0, 0.05) is 26.1 Å². The van der Waals surface area contributed by atoms with E-state index in [4.69, 9.17) is 18.9 Å². The van der Waals surface area contributed by atoms with Crippen molar-refractivity contribution >= 4 is 0 Å². The maximum absolute atomic E-state index is 7.22. The average Bonchev–Trinajstić information content (AvgIpc) is 3.15. The van der Waals surface area contributed by atoms with Crippen molar-refractivity contribution in [1.29, 1.82) is 0 Å². The summed E-state index contributed by atoms with van der Waals surface area (Å²) >= 11 is 0. The molecule has 2 heterocycles. The topological polar surface area (TPSA) is 36.9 Å². The van der Waals surface area contributed by atoms with Crippen molar-refractivity contribution in [1.82, 2.24) is 0 Å². The van der Waals surface area contributed by atoms with Crippen LogP contribution in [0.3, 0.4) is 0 Å². The van der Waals surface area contributed by atoms with Crippen LogP contribution in [0.4, 0.5) is 0 Å². The van der Waals surface area contributed by atoms with Crippen LogP contribution in [0.5, 0.6) is 0 Å². The monoisotopic (exact) mass is 366 g/mol. The Morgan fingerprint density at radius 3 is 2.38 bits per heavy atom. The van der Waals surface area contributed by atoms with Crippen LogP contribution >= 0.6 is 0 Å². The molecule has 2 aliphatic carbocycles. The zero-order chi connectivity index (χ0) is 18.8. The maximum atomic E-state index is 7.22. The summed E-state index contributed by atoms with van der Waals surface area (Å²) in [6.07, 6.45) is 8.93. The van der Waals surface area contributed by atoms with E-state index in [2.05, 4.69) is 27.7 Å². The van der Waals surface area contributed by atoms with Gasteiger partial charge in [-0.1, -0.05) is 34.1 Å². The van der Waals surface area contributed by atoms with E-state index < -0.39 is 0 Å². The summed E-state index contributed by atoms with van der Waals surface area (Å²) in [5.41, 5.74) is 0.229. The summed E-state index contributed by atoms with van der Waals surface area (Å²) < 4.78 is 24.5. The minimum atomic E-state index is -0.351. The molecule has 4 heteroatoms. The zero-order valence-electron chi connectivity index (χ0n) is 17.6. The lowest BCUT2D eigenvalue weighted by Crippen LogP contribution is -2.63. The average molecular weight is 367 g/mol. The largest absolute Gasteiger partial charge is 0.362 e. The second kappa shape index (κ2) is 6.17. The second-order valence-corrected chi connectivity index (χ2v) is 10.4. The molecule has 7 unspecified atom stereocenters. The van der Waals surface area contributed by atoms with Crippen LogP contribution in [-0.2, 0) is 18.9 Å². The summed E-state index contributed by atoms with van der Waals surface area (Å²) in [6.45, 7) is 9.94. The van der Waals surface area contributed by atoms with Gasteiger partial charge in [0.25, 0.3) is 0 Å². The van der Waals surface area contributed by atoms with E-state index in [1.165, 1.54) is 32.1 Å². The van der Waals surface area contributed by atoms with Gasteiger partial charge in [-0.15, -0.1) is 0 Å². The van der Waals surface area contributed by atoms with Gasteiger partial charge in [-0.2, -0.15) is 0 Å². The molecule has 150 valence electrons. The van der Waals surface area contributed by atoms with Gasteiger partial charge in [-0.05, 0) is 55.8 Å².